The number of nitrogens with one attached hydrogen (secondary N) is 1. The van der Waals surface area contributed by atoms with Crippen molar-refractivity contribution in [2.75, 3.05) is 25.7 Å². The Morgan fingerprint density at radius 1 is 1.03 bits per heavy atom. The van der Waals surface area contributed by atoms with Crippen LogP contribution in [0.5, 0.6) is 11.5 Å². The third-order valence-corrected chi connectivity index (χ3v) is 6.84. The van der Waals surface area contributed by atoms with E-state index in [2.05, 4.69) is 11.4 Å². The van der Waals surface area contributed by atoms with Gasteiger partial charge in [0.15, 0.2) is 0 Å². The van der Waals surface area contributed by atoms with Gasteiger partial charge in [-0.3, -0.25) is 9.59 Å². The first-order valence-electron chi connectivity index (χ1n) is 11.4. The quantitative estimate of drug-likeness (QED) is 0.734. The van der Waals surface area contributed by atoms with Crippen molar-refractivity contribution in [1.82, 2.24) is 5.32 Å². The highest BCUT2D eigenvalue weighted by molar-refractivity contribution is 5.99. The van der Waals surface area contributed by atoms with Gasteiger partial charge >= 0.3 is 0 Å². The minimum atomic E-state index is -0.317. The van der Waals surface area contributed by atoms with E-state index < -0.39 is 0 Å². The summed E-state index contributed by atoms with van der Waals surface area (Å²) in [6, 6.07) is 13.4. The number of carbonyl (C=O) groups excluding carboxylic acids is 2. The monoisotopic (exact) mass is 436 g/mol. The number of para-hydroxylation sites is 1. The van der Waals surface area contributed by atoms with Gasteiger partial charge < -0.3 is 19.7 Å². The van der Waals surface area contributed by atoms with Crippen LogP contribution in [0.15, 0.2) is 42.5 Å². The molecule has 2 aromatic rings. The van der Waals surface area contributed by atoms with Crippen LogP contribution in [0.2, 0.25) is 0 Å². The molecule has 32 heavy (non-hydrogen) atoms. The Balaban J connectivity index is 1.51. The molecule has 0 spiro atoms. The van der Waals surface area contributed by atoms with E-state index >= 15 is 0 Å². The third-order valence-electron chi connectivity index (χ3n) is 6.84. The zero-order valence-corrected chi connectivity index (χ0v) is 19.1. The molecule has 2 aliphatic rings. The van der Waals surface area contributed by atoms with Gasteiger partial charge in [-0.25, -0.2) is 0 Å². The highest BCUT2D eigenvalue weighted by Gasteiger charge is 2.40. The smallest absolute Gasteiger partial charge is 0.230 e. The second-order valence-electron chi connectivity index (χ2n) is 8.70. The maximum absolute atomic E-state index is 13.5. The van der Waals surface area contributed by atoms with E-state index in [0.717, 1.165) is 43.4 Å². The number of hydrogen-bond donors (Lipinski definition) is 1. The van der Waals surface area contributed by atoms with Crippen molar-refractivity contribution < 1.29 is 19.1 Å². The Bertz CT molecular complexity index is 990. The summed E-state index contributed by atoms with van der Waals surface area (Å²) in [5.41, 5.74) is 3.06. The Kier molecular flexibility index (Phi) is 6.68. The van der Waals surface area contributed by atoms with Gasteiger partial charge in [-0.05, 0) is 56.0 Å². The van der Waals surface area contributed by atoms with Gasteiger partial charge in [-0.1, -0.05) is 31.0 Å². The summed E-state index contributed by atoms with van der Waals surface area (Å²) in [5, 5.41) is 3.14. The molecule has 1 aliphatic heterocycles. The third kappa shape index (κ3) is 4.31. The maximum atomic E-state index is 13.5. The van der Waals surface area contributed by atoms with Crippen LogP contribution in [0, 0.1) is 11.8 Å². The zero-order chi connectivity index (χ0) is 22.7. The van der Waals surface area contributed by atoms with Crippen molar-refractivity contribution in [3.05, 3.63) is 53.6 Å². The van der Waals surface area contributed by atoms with E-state index in [9.17, 15) is 9.59 Å². The molecule has 1 aliphatic carbocycles. The number of methoxy groups -OCH3 is 2. The van der Waals surface area contributed by atoms with Gasteiger partial charge in [0.05, 0.1) is 26.2 Å². The average molecular weight is 437 g/mol. The van der Waals surface area contributed by atoms with Crippen molar-refractivity contribution in [1.29, 1.82) is 0 Å². The molecule has 0 saturated heterocycles. The van der Waals surface area contributed by atoms with Crippen LogP contribution in [0.25, 0.3) is 0 Å². The van der Waals surface area contributed by atoms with E-state index in [-0.39, 0.29) is 29.7 Å². The summed E-state index contributed by atoms with van der Waals surface area (Å²) in [6.45, 7) is 2.63. The molecule has 0 aromatic heterocycles. The fourth-order valence-electron chi connectivity index (χ4n) is 5.08. The molecule has 3 atom stereocenters. The molecule has 4 rings (SSSR count). The normalized spacial score (nSPS) is 20.9. The number of anilines is 1. The van der Waals surface area contributed by atoms with E-state index in [0.29, 0.717) is 18.0 Å². The molecule has 6 heteroatoms. The zero-order valence-electron chi connectivity index (χ0n) is 19.1. The molecule has 1 heterocycles. The fourth-order valence-corrected chi connectivity index (χ4v) is 5.08. The average Bonchev–Trinajstić information content (AvgIpc) is 3.27. The standard InChI is InChI=1S/C26H32N2O4/c1-17(22-16-19(31-2)12-13-24(22)32-3)27-25(29)20-9-5-6-10-21(20)26(30)28-15-14-18-8-4-7-11-23(18)28/h4,7-8,11-13,16-17,20-21H,5-6,9-10,14-15H2,1-3H3,(H,27,29). The van der Waals surface area contributed by atoms with Crippen molar-refractivity contribution in [3.63, 3.8) is 0 Å². The molecule has 6 nitrogen and oxygen atoms in total. The Labute approximate surface area is 189 Å². The van der Waals surface area contributed by atoms with Crippen molar-refractivity contribution >= 4 is 17.5 Å². The lowest BCUT2D eigenvalue weighted by Gasteiger charge is -2.33. The molecule has 0 radical (unpaired) electrons. The molecule has 2 aromatic carbocycles. The van der Waals surface area contributed by atoms with Gasteiger partial charge in [0, 0.05) is 23.7 Å². The van der Waals surface area contributed by atoms with Crippen molar-refractivity contribution in [2.45, 2.75) is 45.1 Å². The van der Waals surface area contributed by atoms with E-state index in [1.165, 1.54) is 5.56 Å². The second-order valence-corrected chi connectivity index (χ2v) is 8.70. The Hall–Kier alpha value is -3.02. The molecule has 3 unspecified atom stereocenters. The molecule has 2 amide bonds. The summed E-state index contributed by atoms with van der Waals surface area (Å²) >= 11 is 0. The van der Waals surface area contributed by atoms with E-state index in [1.807, 2.05) is 48.2 Å². The molecule has 1 N–H and O–H groups in total. The number of benzene rings is 2. The van der Waals surface area contributed by atoms with Crippen LogP contribution in [-0.2, 0) is 16.0 Å². The Morgan fingerprint density at radius 3 is 2.53 bits per heavy atom. The highest BCUT2D eigenvalue weighted by Crippen LogP contribution is 2.37. The fraction of sp³-hybridized carbons (Fsp3) is 0.462. The topological polar surface area (TPSA) is 67.9 Å². The Morgan fingerprint density at radius 2 is 1.78 bits per heavy atom. The van der Waals surface area contributed by atoms with Gasteiger partial charge in [-0.15, -0.1) is 0 Å². The van der Waals surface area contributed by atoms with Gasteiger partial charge in [0.25, 0.3) is 0 Å². The van der Waals surface area contributed by atoms with Gasteiger partial charge in [0.2, 0.25) is 11.8 Å². The number of amides is 2. The number of nitrogens with zero attached hydrogens (tertiary/aromatic N) is 1. The number of carbonyl (C=O) groups is 2. The van der Waals surface area contributed by atoms with Crippen molar-refractivity contribution in [3.8, 4) is 11.5 Å². The summed E-state index contributed by atoms with van der Waals surface area (Å²) < 4.78 is 10.8. The molecular weight excluding hydrogens is 404 g/mol. The van der Waals surface area contributed by atoms with Crippen molar-refractivity contribution in [2.24, 2.45) is 11.8 Å². The lowest BCUT2D eigenvalue weighted by molar-refractivity contribution is -0.135. The first kappa shape index (κ1) is 22.2. The number of ether oxygens (including phenoxy) is 2. The largest absolute Gasteiger partial charge is 0.497 e. The predicted octanol–water partition coefficient (Wildman–Crippen LogP) is 4.28. The van der Waals surface area contributed by atoms with Crippen LogP contribution in [0.4, 0.5) is 5.69 Å². The minimum absolute atomic E-state index is 0.0621. The van der Waals surface area contributed by atoms with E-state index in [1.54, 1.807) is 14.2 Å². The van der Waals surface area contributed by atoms with Crippen LogP contribution in [-0.4, -0.2) is 32.6 Å². The summed E-state index contributed by atoms with van der Waals surface area (Å²) in [4.78, 5) is 28.8. The number of hydrogen-bond acceptors (Lipinski definition) is 4. The van der Waals surface area contributed by atoms with Crippen LogP contribution >= 0.6 is 0 Å². The van der Waals surface area contributed by atoms with Crippen LogP contribution in [0.1, 0.15) is 49.8 Å². The first-order valence-corrected chi connectivity index (χ1v) is 11.4. The predicted molar refractivity (Wildman–Crippen MR) is 124 cm³/mol. The van der Waals surface area contributed by atoms with E-state index in [4.69, 9.17) is 9.47 Å². The number of fused-ring (bicyclic) bond motifs is 1. The minimum Gasteiger partial charge on any atom is -0.497 e. The van der Waals surface area contributed by atoms with Crippen LogP contribution < -0.4 is 19.7 Å². The molecule has 170 valence electrons. The summed E-state index contributed by atoms with van der Waals surface area (Å²) in [6.07, 6.45) is 4.31. The molecule has 1 saturated carbocycles. The summed E-state index contributed by atoms with van der Waals surface area (Å²) in [5.74, 6) is 0.829. The molecule has 1 fully saturated rings. The molecular formula is C26H32N2O4. The maximum Gasteiger partial charge on any atom is 0.230 e. The second kappa shape index (κ2) is 9.63. The van der Waals surface area contributed by atoms with Gasteiger partial charge in [-0.2, -0.15) is 0 Å². The molecule has 0 bridgehead atoms. The SMILES string of the molecule is COc1ccc(OC)c(C(C)NC(=O)C2CCCCC2C(=O)N2CCc3ccccc32)c1. The first-order chi connectivity index (χ1) is 15.5. The number of rotatable bonds is 6. The lowest BCUT2D eigenvalue weighted by atomic mass is 9.77. The van der Waals surface area contributed by atoms with Crippen LogP contribution in [0.3, 0.4) is 0 Å². The van der Waals surface area contributed by atoms with Gasteiger partial charge in [0.1, 0.15) is 11.5 Å². The summed E-state index contributed by atoms with van der Waals surface area (Å²) in [7, 11) is 3.23. The lowest BCUT2D eigenvalue weighted by Crippen LogP contribution is -2.45. The highest BCUT2D eigenvalue weighted by atomic mass is 16.5.